The van der Waals surface area contributed by atoms with E-state index in [-0.39, 0.29) is 5.82 Å². The number of fused-ring (bicyclic) bond motifs is 2. The minimum Gasteiger partial charge on any atom is -0.494 e. The summed E-state index contributed by atoms with van der Waals surface area (Å²) in [6, 6.07) is 12.5. The molecule has 4 rings (SSSR count). The van der Waals surface area contributed by atoms with Gasteiger partial charge in [-0.15, -0.1) is 0 Å². The van der Waals surface area contributed by atoms with Gasteiger partial charge in [0.25, 0.3) is 0 Å². The molecular weight excluding hydrogens is 369 g/mol. The monoisotopic (exact) mass is 393 g/mol. The van der Waals surface area contributed by atoms with E-state index >= 15 is 0 Å². The molecule has 6 nitrogen and oxygen atoms in total. The van der Waals surface area contributed by atoms with Gasteiger partial charge in [-0.2, -0.15) is 0 Å². The zero-order chi connectivity index (χ0) is 20.6. The fraction of sp³-hybridized carbons (Fsp3) is 0.273. The normalized spacial score (nSPS) is 17.7. The minimum absolute atomic E-state index is 0.278. The number of hydrogen-bond acceptors (Lipinski definition) is 6. The molecule has 2 aromatic carbocycles. The van der Waals surface area contributed by atoms with Crippen LogP contribution < -0.4 is 20.7 Å². The van der Waals surface area contributed by atoms with E-state index in [9.17, 15) is 4.39 Å². The summed E-state index contributed by atoms with van der Waals surface area (Å²) in [5, 5.41) is 10.6. The summed E-state index contributed by atoms with van der Waals surface area (Å²) in [6.07, 6.45) is 1.76. The highest BCUT2D eigenvalue weighted by Gasteiger charge is 2.43. The van der Waals surface area contributed by atoms with E-state index < -0.39 is 11.8 Å². The van der Waals surface area contributed by atoms with Gasteiger partial charge in [0.15, 0.2) is 5.79 Å². The van der Waals surface area contributed by atoms with Crippen LogP contribution in [0.4, 0.5) is 4.39 Å². The van der Waals surface area contributed by atoms with Gasteiger partial charge < -0.3 is 10.1 Å². The van der Waals surface area contributed by atoms with Crippen LogP contribution in [0.1, 0.15) is 22.7 Å². The number of ether oxygens (including phenoxy) is 1. The second-order valence-corrected chi connectivity index (χ2v) is 6.91. The van der Waals surface area contributed by atoms with Crippen LogP contribution in [0.2, 0.25) is 0 Å². The largest absolute Gasteiger partial charge is 0.494 e. The zero-order valence-corrected chi connectivity index (χ0v) is 16.9. The number of para-hydroxylation sites is 1. The molecule has 0 radical (unpaired) electrons. The number of halogens is 1. The van der Waals surface area contributed by atoms with Crippen LogP contribution in [0.3, 0.4) is 0 Å². The Morgan fingerprint density at radius 2 is 1.83 bits per heavy atom. The lowest BCUT2D eigenvalue weighted by atomic mass is 9.86. The summed E-state index contributed by atoms with van der Waals surface area (Å²) in [4.78, 5) is 9.60. The van der Waals surface area contributed by atoms with E-state index in [4.69, 9.17) is 9.73 Å². The Bertz CT molecular complexity index is 1090. The molecular formula is C22H24FN5O. The van der Waals surface area contributed by atoms with Gasteiger partial charge in [0.05, 0.1) is 18.9 Å². The lowest BCUT2D eigenvalue weighted by Crippen LogP contribution is -2.62. The van der Waals surface area contributed by atoms with Crippen LogP contribution in [-0.2, 0) is 0 Å². The summed E-state index contributed by atoms with van der Waals surface area (Å²) in [6.45, 7) is 0. The van der Waals surface area contributed by atoms with Crippen molar-refractivity contribution in [2.24, 2.45) is 4.99 Å². The Morgan fingerprint density at radius 1 is 1.07 bits per heavy atom. The first kappa shape index (κ1) is 19.4. The number of benzene rings is 2. The molecule has 150 valence electrons. The predicted molar refractivity (Wildman–Crippen MR) is 113 cm³/mol. The number of nitrogens with one attached hydrogen (secondary N) is 3. The third kappa shape index (κ3) is 2.98. The molecule has 2 heterocycles. The van der Waals surface area contributed by atoms with Crippen molar-refractivity contribution in [2.45, 2.75) is 11.8 Å². The van der Waals surface area contributed by atoms with E-state index in [2.05, 4.69) is 20.9 Å². The van der Waals surface area contributed by atoms with Crippen molar-refractivity contribution >= 4 is 16.6 Å². The van der Waals surface area contributed by atoms with E-state index in [1.807, 2.05) is 30.3 Å². The molecule has 0 amide bonds. The SMILES string of the molecule is CNC1c2c(F)cccc2C(c2cnc3c(OC)cccc3c2)=NC1(NC)NC. The molecule has 1 aliphatic rings. The van der Waals surface area contributed by atoms with Crippen LogP contribution in [0.5, 0.6) is 5.75 Å². The fourth-order valence-electron chi connectivity index (χ4n) is 4.07. The molecule has 29 heavy (non-hydrogen) atoms. The molecule has 0 saturated heterocycles. The number of hydrogen-bond donors (Lipinski definition) is 3. The van der Waals surface area contributed by atoms with E-state index in [1.54, 1.807) is 40.5 Å². The number of nitrogens with zero attached hydrogens (tertiary/aromatic N) is 2. The van der Waals surface area contributed by atoms with Crippen LogP contribution >= 0.6 is 0 Å². The third-order valence-electron chi connectivity index (χ3n) is 5.52. The number of pyridine rings is 1. The maximum absolute atomic E-state index is 15.0. The Labute approximate surface area is 169 Å². The van der Waals surface area contributed by atoms with Crippen molar-refractivity contribution in [2.75, 3.05) is 28.3 Å². The summed E-state index contributed by atoms with van der Waals surface area (Å²) in [5.74, 6) is -0.483. The average molecular weight is 393 g/mol. The summed E-state index contributed by atoms with van der Waals surface area (Å²) < 4.78 is 20.4. The van der Waals surface area contributed by atoms with E-state index in [0.29, 0.717) is 17.0 Å². The van der Waals surface area contributed by atoms with Crippen molar-refractivity contribution in [3.8, 4) is 5.75 Å². The van der Waals surface area contributed by atoms with Crippen LogP contribution in [-0.4, -0.2) is 44.7 Å². The van der Waals surface area contributed by atoms with Crippen molar-refractivity contribution in [1.82, 2.24) is 20.9 Å². The highest BCUT2D eigenvalue weighted by molar-refractivity contribution is 6.15. The maximum Gasteiger partial charge on any atom is 0.184 e. The summed E-state index contributed by atoms with van der Waals surface area (Å²) in [5.41, 5.74) is 3.56. The molecule has 0 aliphatic carbocycles. The molecule has 1 unspecified atom stereocenters. The standard InChI is InChI=1S/C22H24FN5O/c1-24-21-18-15(8-6-9-16(18)23)19(28-22(21,25-2)26-3)14-11-13-7-5-10-17(29-4)20(13)27-12-14/h5-12,21,24-26H,1-4H3. The molecule has 1 atom stereocenters. The van der Waals surface area contributed by atoms with Crippen molar-refractivity contribution in [3.63, 3.8) is 0 Å². The fourth-order valence-corrected chi connectivity index (χ4v) is 4.07. The second kappa shape index (κ2) is 7.51. The van der Waals surface area contributed by atoms with Gasteiger partial charge in [-0.05, 0) is 39.3 Å². The molecule has 1 aromatic heterocycles. The molecule has 0 fully saturated rings. The van der Waals surface area contributed by atoms with Crippen molar-refractivity contribution < 1.29 is 9.13 Å². The van der Waals surface area contributed by atoms with Gasteiger partial charge in [-0.1, -0.05) is 24.3 Å². The number of aromatic nitrogens is 1. The van der Waals surface area contributed by atoms with Gasteiger partial charge in [0, 0.05) is 28.3 Å². The smallest absolute Gasteiger partial charge is 0.184 e. The molecule has 1 aliphatic heterocycles. The first-order valence-corrected chi connectivity index (χ1v) is 9.45. The quantitative estimate of drug-likeness (QED) is 0.582. The Balaban J connectivity index is 1.98. The van der Waals surface area contributed by atoms with Crippen molar-refractivity contribution in [3.05, 3.63) is 71.2 Å². The highest BCUT2D eigenvalue weighted by atomic mass is 19.1. The Morgan fingerprint density at radius 3 is 2.52 bits per heavy atom. The minimum atomic E-state index is -0.914. The zero-order valence-electron chi connectivity index (χ0n) is 16.9. The molecule has 3 aromatic rings. The van der Waals surface area contributed by atoms with Crippen LogP contribution in [0, 0.1) is 5.82 Å². The lowest BCUT2D eigenvalue weighted by molar-refractivity contribution is 0.218. The number of rotatable bonds is 5. The average Bonchev–Trinajstić information content (AvgIpc) is 2.77. The van der Waals surface area contributed by atoms with Gasteiger partial charge in [-0.25, -0.2) is 9.38 Å². The van der Waals surface area contributed by atoms with E-state index in [1.165, 1.54) is 6.07 Å². The maximum atomic E-state index is 15.0. The topological polar surface area (TPSA) is 70.6 Å². The van der Waals surface area contributed by atoms with Crippen LogP contribution in [0.25, 0.3) is 10.9 Å². The molecule has 7 heteroatoms. The van der Waals surface area contributed by atoms with E-state index in [0.717, 1.165) is 22.0 Å². The molecule has 0 saturated carbocycles. The predicted octanol–water partition coefficient (Wildman–Crippen LogP) is 2.59. The van der Waals surface area contributed by atoms with Gasteiger partial charge in [0.2, 0.25) is 0 Å². The van der Waals surface area contributed by atoms with Gasteiger partial charge in [-0.3, -0.25) is 15.6 Å². The molecule has 3 N–H and O–H groups in total. The number of likely N-dealkylation sites (N-methyl/N-ethyl adjacent to an activating group) is 3. The van der Waals surface area contributed by atoms with Gasteiger partial charge in [0.1, 0.15) is 17.1 Å². The summed E-state index contributed by atoms with van der Waals surface area (Å²) in [7, 11) is 7.03. The first-order chi connectivity index (χ1) is 14.1. The highest BCUT2D eigenvalue weighted by Crippen LogP contribution is 2.37. The Hall–Kier alpha value is -2.87. The summed E-state index contributed by atoms with van der Waals surface area (Å²) >= 11 is 0. The number of methoxy groups -OCH3 is 1. The Kier molecular flexibility index (Phi) is 5.04. The van der Waals surface area contributed by atoms with Crippen molar-refractivity contribution in [1.29, 1.82) is 0 Å². The van der Waals surface area contributed by atoms with Gasteiger partial charge >= 0.3 is 0 Å². The second-order valence-electron chi connectivity index (χ2n) is 6.91. The number of aliphatic imine (C=N–C) groups is 1. The third-order valence-corrected chi connectivity index (χ3v) is 5.52. The molecule has 0 bridgehead atoms. The molecule has 0 spiro atoms. The lowest BCUT2D eigenvalue weighted by Gasteiger charge is -2.42. The first-order valence-electron chi connectivity index (χ1n) is 9.45. The van der Waals surface area contributed by atoms with Crippen LogP contribution in [0.15, 0.2) is 53.7 Å².